The molecular weight excluding hydrogens is 1530 g/mol. The van der Waals surface area contributed by atoms with Gasteiger partial charge in [-0.2, -0.15) is 0 Å². The number of rotatable bonds is 78. The third-order valence-corrected chi connectivity index (χ3v) is 23.3. The standard InChI is InChI=1S/C88H166N2O24P2/c1-7-13-19-25-31-36-42-48-54-60-71(107-77(95)62-56-50-44-38-33-27-21-15-9-3)66-75(93)89-81-85(112-80(98)65-70(92)59-53-47-41-30-24-18-12-6)83(99)74(110-88(81)114-116(103,104)105)69-106-87-82(86(84(73(68-91)109-87)113-115(100,101)102)111-79(97)64-58-52-46-40-35-29-23-17-11-5)90-76(94)67-72(61-55-49-43-37-32-26-20-14-8-2)108-78(96)63-57-51-45-39-34-28-22-16-10-4/h70-74,81-88,91-92,99H,7-69H2,1-6H3,(H,89,93)(H,90,94)(H2,100,101,102)(H2,103,104,105)/t70?,71?,72?,73-,74-,81-,82-,83-,84-,85-,86-,87-,88+/m1/s1. The average Bonchev–Trinajstić information content (AvgIpc) is 0.783. The van der Waals surface area contributed by atoms with Crippen LogP contribution >= 0.6 is 15.6 Å². The first-order valence-electron chi connectivity index (χ1n) is 46.7. The predicted molar refractivity (Wildman–Crippen MR) is 451 cm³/mol. The van der Waals surface area contributed by atoms with E-state index in [-0.39, 0.29) is 38.5 Å². The lowest BCUT2D eigenvalue weighted by Crippen LogP contribution is -2.68. The molecule has 28 heteroatoms. The van der Waals surface area contributed by atoms with E-state index in [1.807, 2.05) is 0 Å². The normalized spacial score (nSPS) is 20.6. The third-order valence-electron chi connectivity index (χ3n) is 22.3. The van der Waals surface area contributed by atoms with Gasteiger partial charge in [-0.25, -0.2) is 9.13 Å². The van der Waals surface area contributed by atoms with Crippen LogP contribution < -0.4 is 10.6 Å². The number of unbranched alkanes of at least 4 members (excludes halogenated alkanes) is 46. The van der Waals surface area contributed by atoms with Crippen molar-refractivity contribution in [1.29, 1.82) is 0 Å². The van der Waals surface area contributed by atoms with Gasteiger partial charge in [0.15, 0.2) is 24.8 Å². The molecule has 3 unspecified atom stereocenters. The molecule has 0 aliphatic carbocycles. The van der Waals surface area contributed by atoms with Crippen LogP contribution in [0.2, 0.25) is 0 Å². The number of carbonyl (C=O) groups excluding carboxylic acids is 6. The Labute approximate surface area is 699 Å². The first kappa shape index (κ1) is 109. The van der Waals surface area contributed by atoms with Gasteiger partial charge in [0, 0.05) is 19.3 Å². The van der Waals surface area contributed by atoms with Crippen molar-refractivity contribution in [2.75, 3.05) is 13.2 Å². The third kappa shape index (κ3) is 56.5. The molecule has 116 heavy (non-hydrogen) atoms. The summed E-state index contributed by atoms with van der Waals surface area (Å²) in [5.41, 5.74) is 0. The van der Waals surface area contributed by atoms with E-state index in [2.05, 4.69) is 52.2 Å². The molecule has 2 amide bonds. The van der Waals surface area contributed by atoms with E-state index in [0.29, 0.717) is 44.9 Å². The lowest BCUT2D eigenvalue weighted by molar-refractivity contribution is -0.296. The van der Waals surface area contributed by atoms with Crippen molar-refractivity contribution in [2.24, 2.45) is 0 Å². The number of hydrogen-bond donors (Lipinski definition) is 9. The monoisotopic (exact) mass is 1700 g/mol. The Balaban J connectivity index is 2.78. The number of aliphatic hydroxyl groups excluding tert-OH is 3. The minimum Gasteiger partial charge on any atom is -0.462 e. The number of esters is 4. The number of nitrogens with one attached hydrogen (secondary N) is 2. The summed E-state index contributed by atoms with van der Waals surface area (Å²) in [6, 6.07) is -3.75. The van der Waals surface area contributed by atoms with E-state index >= 15 is 0 Å². The lowest BCUT2D eigenvalue weighted by atomic mass is 9.95. The maximum Gasteiger partial charge on any atom is 0.472 e. The van der Waals surface area contributed by atoms with Gasteiger partial charge in [0.2, 0.25) is 11.8 Å². The Morgan fingerprint density at radius 3 is 1.00 bits per heavy atom. The Hall–Kier alpha value is -3.20. The van der Waals surface area contributed by atoms with Crippen molar-refractivity contribution in [3.05, 3.63) is 0 Å². The molecule has 2 aliphatic heterocycles. The molecule has 0 aromatic carbocycles. The summed E-state index contributed by atoms with van der Waals surface area (Å²) in [7, 11) is -11.3. The van der Waals surface area contributed by atoms with Crippen molar-refractivity contribution in [2.45, 2.75) is 513 Å². The van der Waals surface area contributed by atoms with Crippen LogP contribution in [0.25, 0.3) is 0 Å². The van der Waals surface area contributed by atoms with Crippen LogP contribution in [-0.2, 0) is 80.1 Å². The molecular formula is C88H166N2O24P2. The number of phosphoric acid groups is 2. The van der Waals surface area contributed by atoms with Gasteiger partial charge in [-0.05, 0) is 51.4 Å². The minimum absolute atomic E-state index is 0.110. The molecule has 0 radical (unpaired) electrons. The van der Waals surface area contributed by atoms with Crippen molar-refractivity contribution in [3.8, 4) is 0 Å². The maximum absolute atomic E-state index is 14.9. The highest BCUT2D eigenvalue weighted by molar-refractivity contribution is 7.46. The van der Waals surface area contributed by atoms with Crippen LogP contribution in [0.1, 0.15) is 433 Å². The molecule has 26 nitrogen and oxygen atoms in total. The second-order valence-electron chi connectivity index (χ2n) is 33.2. The molecule has 2 rings (SSSR count). The van der Waals surface area contributed by atoms with Gasteiger partial charge in [0.05, 0.1) is 38.6 Å². The number of ether oxygens (including phenoxy) is 7. The van der Waals surface area contributed by atoms with E-state index in [1.54, 1.807) is 0 Å². The molecule has 0 bridgehead atoms. The van der Waals surface area contributed by atoms with Crippen molar-refractivity contribution in [1.82, 2.24) is 10.6 Å². The van der Waals surface area contributed by atoms with Gasteiger partial charge in [0.1, 0.15) is 48.7 Å². The van der Waals surface area contributed by atoms with Crippen molar-refractivity contribution >= 4 is 51.3 Å². The fraction of sp³-hybridized carbons (Fsp3) is 0.932. The molecule has 0 aromatic heterocycles. The van der Waals surface area contributed by atoms with Crippen LogP contribution in [0.4, 0.5) is 0 Å². The molecule has 2 saturated heterocycles. The number of amides is 2. The molecule has 9 N–H and O–H groups in total. The minimum atomic E-state index is -5.68. The molecule has 0 aromatic rings. The van der Waals surface area contributed by atoms with E-state index in [4.69, 9.17) is 42.2 Å². The first-order valence-corrected chi connectivity index (χ1v) is 49.7. The zero-order chi connectivity index (χ0) is 85.3. The Bertz CT molecular complexity index is 2570. The van der Waals surface area contributed by atoms with Crippen LogP contribution in [0.15, 0.2) is 0 Å². The van der Waals surface area contributed by atoms with Gasteiger partial charge in [-0.15, -0.1) is 0 Å². The molecule has 2 aliphatic rings. The number of phosphoric ester groups is 2. The summed E-state index contributed by atoms with van der Waals surface area (Å²) in [5, 5.41) is 40.3. The number of carbonyl (C=O) groups is 6. The van der Waals surface area contributed by atoms with E-state index in [1.165, 1.54) is 38.5 Å². The van der Waals surface area contributed by atoms with E-state index < -0.39 is 163 Å². The van der Waals surface area contributed by atoms with Gasteiger partial charge in [-0.3, -0.25) is 37.8 Å². The highest BCUT2D eigenvalue weighted by Gasteiger charge is 2.55. The summed E-state index contributed by atoms with van der Waals surface area (Å²) >= 11 is 0. The van der Waals surface area contributed by atoms with Gasteiger partial charge < -0.3 is 78.7 Å². The van der Waals surface area contributed by atoms with Crippen LogP contribution in [0.3, 0.4) is 0 Å². The Kier molecular flexibility index (Phi) is 65.9. The second kappa shape index (κ2) is 70.2. The second-order valence-corrected chi connectivity index (χ2v) is 35.6. The van der Waals surface area contributed by atoms with Gasteiger partial charge in [-0.1, -0.05) is 343 Å². The fourth-order valence-electron chi connectivity index (χ4n) is 15.5. The SMILES string of the molecule is CCCCCCCCCCCC(=O)OC(CCCCCCCCCCC)CC(=O)N[C@H]1[C@H](OC[C@H]2O[C@@H](OP(=O)(O)O)[C@H](NC(=O)CC(CCCCCCCCCCC)OC(=O)CCCCCCCCCCC)[C@@H](OC(=O)CC(O)CCCCCCCCC)[C@@H]2O)O[C@H](CO)[C@@H](OP(=O)(O)O)[C@@H]1OC(=O)CCCCCCCCCCC. The predicted octanol–water partition coefficient (Wildman–Crippen LogP) is 19.3. The number of hydrogen-bond acceptors (Lipinski definition) is 20. The Morgan fingerprint density at radius 1 is 0.353 bits per heavy atom. The maximum atomic E-state index is 14.9. The fourth-order valence-corrected chi connectivity index (χ4v) is 16.5. The largest absolute Gasteiger partial charge is 0.472 e. The van der Waals surface area contributed by atoms with Crippen molar-refractivity contribution in [3.63, 3.8) is 0 Å². The number of aliphatic hydroxyl groups is 3. The zero-order valence-corrected chi connectivity index (χ0v) is 74.8. The Morgan fingerprint density at radius 2 is 0.655 bits per heavy atom. The molecule has 13 atom stereocenters. The first-order chi connectivity index (χ1) is 55.9. The topological polar surface area (TPSA) is 385 Å². The highest BCUT2D eigenvalue weighted by atomic mass is 31.2. The summed E-state index contributed by atoms with van der Waals surface area (Å²) < 4.78 is 79.7. The molecule has 682 valence electrons. The lowest BCUT2D eigenvalue weighted by Gasteiger charge is -2.47. The van der Waals surface area contributed by atoms with Crippen LogP contribution in [0, 0.1) is 0 Å². The average molecular weight is 1700 g/mol. The molecule has 2 fully saturated rings. The van der Waals surface area contributed by atoms with E-state index in [9.17, 15) is 72.8 Å². The van der Waals surface area contributed by atoms with E-state index in [0.717, 1.165) is 250 Å². The summed E-state index contributed by atoms with van der Waals surface area (Å²) in [6.45, 7) is 10.9. The smallest absolute Gasteiger partial charge is 0.462 e. The zero-order valence-electron chi connectivity index (χ0n) is 73.0. The molecule has 0 saturated carbocycles. The molecule has 0 spiro atoms. The van der Waals surface area contributed by atoms with Crippen LogP contribution in [-0.4, -0.2) is 163 Å². The quantitative estimate of drug-likeness (QED) is 0.0118. The van der Waals surface area contributed by atoms with Gasteiger partial charge in [0.25, 0.3) is 0 Å². The highest BCUT2D eigenvalue weighted by Crippen LogP contribution is 2.44. The summed E-state index contributed by atoms with van der Waals surface area (Å²) in [6.07, 6.45) is 31.2. The van der Waals surface area contributed by atoms with Gasteiger partial charge >= 0.3 is 39.5 Å². The van der Waals surface area contributed by atoms with Crippen molar-refractivity contribution < 1.29 is 115 Å². The molecule has 2 heterocycles. The summed E-state index contributed by atoms with van der Waals surface area (Å²) in [5.74, 6) is -4.66. The summed E-state index contributed by atoms with van der Waals surface area (Å²) in [4.78, 5) is 128. The van der Waals surface area contributed by atoms with Crippen LogP contribution in [0.5, 0.6) is 0 Å².